The van der Waals surface area contributed by atoms with Gasteiger partial charge in [0.05, 0.1) is 12.7 Å². The number of hydrogen-bond donors (Lipinski definition) is 2. The summed E-state index contributed by atoms with van der Waals surface area (Å²) in [5, 5.41) is 6.67. The molecule has 0 fully saturated rings. The Morgan fingerprint density at radius 1 is 1.07 bits per heavy atom. The molecule has 0 aliphatic rings. The van der Waals surface area contributed by atoms with Crippen molar-refractivity contribution < 1.29 is 9.47 Å². The van der Waals surface area contributed by atoms with Gasteiger partial charge in [-0.15, -0.1) is 0 Å². The summed E-state index contributed by atoms with van der Waals surface area (Å²) in [6, 6.07) is 0. The maximum atomic E-state index is 5.24. The molecule has 0 aromatic carbocycles. The average molecular weight is 218 g/mol. The normalized spacial score (nSPS) is 13.0. The molecule has 2 N–H and O–H groups in total. The molecule has 0 rings (SSSR count). The third-order valence-electron chi connectivity index (χ3n) is 2.27. The van der Waals surface area contributed by atoms with Crippen LogP contribution in [0.15, 0.2) is 0 Å². The molecule has 0 heterocycles. The van der Waals surface area contributed by atoms with Gasteiger partial charge in [0.15, 0.2) is 0 Å². The number of nitrogens with one attached hydrogen (secondary N) is 2. The van der Waals surface area contributed by atoms with E-state index >= 15 is 0 Å². The lowest BCUT2D eigenvalue weighted by molar-refractivity contribution is 0.0290. The van der Waals surface area contributed by atoms with Crippen molar-refractivity contribution in [1.29, 1.82) is 0 Å². The van der Waals surface area contributed by atoms with Crippen LogP contribution in [-0.4, -0.2) is 53.1 Å². The highest BCUT2D eigenvalue weighted by Gasteiger charge is 2.04. The van der Waals surface area contributed by atoms with Crippen molar-refractivity contribution in [2.45, 2.75) is 25.9 Å². The van der Waals surface area contributed by atoms with Crippen molar-refractivity contribution in [3.8, 4) is 0 Å². The summed E-state index contributed by atoms with van der Waals surface area (Å²) in [5.41, 5.74) is 0. The number of methoxy groups -OCH3 is 2. The molecule has 0 aromatic rings. The van der Waals surface area contributed by atoms with E-state index < -0.39 is 0 Å². The molecule has 0 amide bonds. The molecule has 0 aliphatic heterocycles. The number of hydrogen-bond acceptors (Lipinski definition) is 4. The van der Waals surface area contributed by atoms with Crippen LogP contribution in [0.3, 0.4) is 0 Å². The van der Waals surface area contributed by atoms with E-state index in [0.717, 1.165) is 26.2 Å². The van der Waals surface area contributed by atoms with Crippen LogP contribution in [0, 0.1) is 0 Å². The second-order valence-corrected chi connectivity index (χ2v) is 3.58. The fourth-order valence-corrected chi connectivity index (χ4v) is 1.34. The summed E-state index contributed by atoms with van der Waals surface area (Å²) < 4.78 is 10.3. The van der Waals surface area contributed by atoms with Crippen molar-refractivity contribution in [2.75, 3.05) is 47.0 Å². The highest BCUT2D eigenvalue weighted by Crippen LogP contribution is 1.90. The predicted molar refractivity (Wildman–Crippen MR) is 63.3 cm³/mol. The van der Waals surface area contributed by atoms with Crippen LogP contribution in [0.2, 0.25) is 0 Å². The highest BCUT2D eigenvalue weighted by molar-refractivity contribution is 4.60. The van der Waals surface area contributed by atoms with Crippen LogP contribution in [0.4, 0.5) is 0 Å². The Morgan fingerprint density at radius 3 is 2.27 bits per heavy atom. The first kappa shape index (κ1) is 14.8. The quantitative estimate of drug-likeness (QED) is 0.499. The minimum atomic E-state index is 0.170. The predicted octanol–water partition coefficient (Wildman–Crippen LogP) is 0.627. The molecule has 0 spiro atoms. The van der Waals surface area contributed by atoms with Crippen molar-refractivity contribution in [2.24, 2.45) is 0 Å². The van der Waals surface area contributed by atoms with E-state index in [9.17, 15) is 0 Å². The Labute approximate surface area is 93.7 Å². The maximum absolute atomic E-state index is 5.24. The maximum Gasteiger partial charge on any atom is 0.0928 e. The zero-order chi connectivity index (χ0) is 11.4. The summed E-state index contributed by atoms with van der Waals surface area (Å²) >= 11 is 0. The Morgan fingerprint density at radius 2 is 1.73 bits per heavy atom. The highest BCUT2D eigenvalue weighted by atomic mass is 16.5. The Hall–Kier alpha value is -0.160. The Bertz CT molecular complexity index is 123. The van der Waals surface area contributed by atoms with Crippen LogP contribution < -0.4 is 10.6 Å². The van der Waals surface area contributed by atoms with E-state index in [1.165, 1.54) is 12.8 Å². The molecule has 1 unspecified atom stereocenters. The number of ether oxygens (including phenoxy) is 2. The van der Waals surface area contributed by atoms with E-state index in [-0.39, 0.29) is 6.10 Å². The monoisotopic (exact) mass is 218 g/mol. The molecule has 15 heavy (non-hydrogen) atoms. The average Bonchev–Trinajstić information content (AvgIpc) is 2.26. The van der Waals surface area contributed by atoms with Gasteiger partial charge >= 0.3 is 0 Å². The summed E-state index contributed by atoms with van der Waals surface area (Å²) in [7, 11) is 3.42. The standard InChI is InChI=1S/C11H26N2O2/c1-4-12-7-5-6-8-13-9-11(15-3)10-14-2/h11-13H,4-10H2,1-3H3. The number of rotatable bonds is 11. The third kappa shape index (κ3) is 10.1. The second-order valence-electron chi connectivity index (χ2n) is 3.58. The summed E-state index contributed by atoms with van der Waals surface area (Å²) in [6.45, 7) is 6.88. The van der Waals surface area contributed by atoms with Gasteiger partial charge in [-0.05, 0) is 32.5 Å². The first-order valence-corrected chi connectivity index (χ1v) is 5.78. The third-order valence-corrected chi connectivity index (χ3v) is 2.27. The molecule has 0 aliphatic carbocycles. The lowest BCUT2D eigenvalue weighted by Gasteiger charge is -2.14. The molecule has 0 saturated carbocycles. The van der Waals surface area contributed by atoms with E-state index in [1.54, 1.807) is 14.2 Å². The van der Waals surface area contributed by atoms with Crippen molar-refractivity contribution in [3.05, 3.63) is 0 Å². The zero-order valence-electron chi connectivity index (χ0n) is 10.3. The number of unbranched alkanes of at least 4 members (excludes halogenated alkanes) is 1. The van der Waals surface area contributed by atoms with Crippen molar-refractivity contribution in [1.82, 2.24) is 10.6 Å². The van der Waals surface area contributed by atoms with Crippen LogP contribution in [0.5, 0.6) is 0 Å². The minimum Gasteiger partial charge on any atom is -0.382 e. The van der Waals surface area contributed by atoms with E-state index in [1.807, 2.05) is 0 Å². The smallest absolute Gasteiger partial charge is 0.0928 e. The van der Waals surface area contributed by atoms with Gasteiger partial charge in [-0.25, -0.2) is 0 Å². The molecule has 4 heteroatoms. The second kappa shape index (κ2) is 11.9. The molecule has 0 aromatic heterocycles. The fraction of sp³-hybridized carbons (Fsp3) is 1.00. The Kier molecular flexibility index (Phi) is 11.8. The molecular weight excluding hydrogens is 192 g/mol. The lowest BCUT2D eigenvalue weighted by atomic mass is 10.3. The van der Waals surface area contributed by atoms with E-state index in [0.29, 0.717) is 6.61 Å². The van der Waals surface area contributed by atoms with Crippen LogP contribution in [0.1, 0.15) is 19.8 Å². The summed E-state index contributed by atoms with van der Waals surface area (Å²) in [6.07, 6.45) is 2.60. The molecular formula is C11H26N2O2. The molecule has 0 saturated heterocycles. The molecule has 1 atom stereocenters. The summed E-state index contributed by atoms with van der Waals surface area (Å²) in [5.74, 6) is 0. The van der Waals surface area contributed by atoms with Gasteiger partial charge in [0.2, 0.25) is 0 Å². The topological polar surface area (TPSA) is 42.5 Å². The first-order chi connectivity index (χ1) is 7.35. The van der Waals surface area contributed by atoms with Gasteiger partial charge in [-0.3, -0.25) is 0 Å². The molecule has 4 nitrogen and oxygen atoms in total. The lowest BCUT2D eigenvalue weighted by Crippen LogP contribution is -2.32. The zero-order valence-corrected chi connectivity index (χ0v) is 10.3. The SMILES string of the molecule is CCNCCCCNCC(COC)OC. The van der Waals surface area contributed by atoms with Crippen LogP contribution in [0.25, 0.3) is 0 Å². The molecule has 0 bridgehead atoms. The fourth-order valence-electron chi connectivity index (χ4n) is 1.34. The van der Waals surface area contributed by atoms with Gasteiger partial charge in [0.1, 0.15) is 0 Å². The van der Waals surface area contributed by atoms with Gasteiger partial charge in [0, 0.05) is 20.8 Å². The van der Waals surface area contributed by atoms with Gasteiger partial charge in [-0.2, -0.15) is 0 Å². The Balaban J connectivity index is 3.14. The minimum absolute atomic E-state index is 0.170. The molecule has 92 valence electrons. The van der Waals surface area contributed by atoms with Gasteiger partial charge in [-0.1, -0.05) is 6.92 Å². The summed E-state index contributed by atoms with van der Waals surface area (Å²) in [4.78, 5) is 0. The van der Waals surface area contributed by atoms with Crippen molar-refractivity contribution in [3.63, 3.8) is 0 Å². The first-order valence-electron chi connectivity index (χ1n) is 5.78. The van der Waals surface area contributed by atoms with E-state index in [4.69, 9.17) is 9.47 Å². The van der Waals surface area contributed by atoms with Gasteiger partial charge in [0.25, 0.3) is 0 Å². The van der Waals surface area contributed by atoms with Crippen molar-refractivity contribution >= 4 is 0 Å². The molecule has 0 radical (unpaired) electrons. The van der Waals surface area contributed by atoms with Gasteiger partial charge < -0.3 is 20.1 Å². The van der Waals surface area contributed by atoms with E-state index in [2.05, 4.69) is 17.6 Å². The van der Waals surface area contributed by atoms with Crippen LogP contribution >= 0.6 is 0 Å². The van der Waals surface area contributed by atoms with Crippen LogP contribution in [-0.2, 0) is 9.47 Å². The largest absolute Gasteiger partial charge is 0.382 e.